The van der Waals surface area contributed by atoms with E-state index in [0.29, 0.717) is 5.02 Å². The second-order valence-electron chi connectivity index (χ2n) is 5.54. The van der Waals surface area contributed by atoms with Crippen molar-refractivity contribution in [3.8, 4) is 0 Å². The summed E-state index contributed by atoms with van der Waals surface area (Å²) in [6.45, 7) is 3.54. The number of carbonyl (C=O) groups is 1. The molecule has 23 heavy (non-hydrogen) atoms. The third-order valence-corrected chi connectivity index (χ3v) is 4.81. The first-order valence-electron chi connectivity index (χ1n) is 7.45. The number of amides is 2. The number of nitrogens with one attached hydrogen (secondary N) is 3. The fourth-order valence-corrected chi connectivity index (χ4v) is 3.46. The normalized spacial score (nSPS) is 21.0. The lowest BCUT2D eigenvalue weighted by atomic mass is 9.90. The molecular weight excluding hydrogens is 334 g/mol. The average molecular weight is 352 g/mol. The molecule has 0 aliphatic carbocycles. The first-order valence-corrected chi connectivity index (χ1v) is 8.60. The number of pyridine rings is 1. The summed E-state index contributed by atoms with van der Waals surface area (Å²) in [7, 11) is 0. The van der Waals surface area contributed by atoms with Gasteiger partial charge in [0.15, 0.2) is 0 Å². The summed E-state index contributed by atoms with van der Waals surface area (Å²) in [5, 5.41) is 10.6. The van der Waals surface area contributed by atoms with E-state index in [2.05, 4.69) is 25.3 Å². The van der Waals surface area contributed by atoms with Crippen LogP contribution in [-0.4, -0.2) is 34.5 Å². The molecule has 3 N–H and O–H groups in total. The zero-order chi connectivity index (χ0) is 16.2. The van der Waals surface area contributed by atoms with Crippen LogP contribution in [-0.2, 0) is 0 Å². The van der Waals surface area contributed by atoms with Gasteiger partial charge in [-0.15, -0.1) is 0 Å². The van der Waals surface area contributed by atoms with E-state index in [-0.39, 0.29) is 18.0 Å². The van der Waals surface area contributed by atoms with Crippen molar-refractivity contribution in [1.29, 1.82) is 0 Å². The number of nitrogens with zero attached hydrogens (tertiary/aromatic N) is 2. The molecule has 2 aromatic heterocycles. The highest BCUT2D eigenvalue weighted by molar-refractivity contribution is 7.10. The Morgan fingerprint density at radius 2 is 2.35 bits per heavy atom. The second kappa shape index (κ2) is 7.25. The number of carbonyl (C=O) groups excluding carboxylic acids is 1. The van der Waals surface area contributed by atoms with Crippen LogP contribution in [0.2, 0.25) is 5.02 Å². The van der Waals surface area contributed by atoms with Crippen molar-refractivity contribution < 1.29 is 4.79 Å². The lowest BCUT2D eigenvalue weighted by Crippen LogP contribution is -2.49. The summed E-state index contributed by atoms with van der Waals surface area (Å²) in [5.74, 6) is 0.120. The predicted octanol–water partition coefficient (Wildman–Crippen LogP) is 2.77. The molecule has 2 atom stereocenters. The van der Waals surface area contributed by atoms with Gasteiger partial charge in [-0.05, 0) is 49.6 Å². The number of rotatable bonds is 3. The fraction of sp³-hybridized carbons (Fsp3) is 0.400. The molecule has 3 heterocycles. The Morgan fingerprint density at radius 1 is 1.48 bits per heavy atom. The number of halogens is 1. The topological polar surface area (TPSA) is 78.9 Å². The van der Waals surface area contributed by atoms with Gasteiger partial charge in [0.25, 0.3) is 0 Å². The highest BCUT2D eigenvalue weighted by Crippen LogP contribution is 2.23. The molecule has 8 heteroatoms. The quantitative estimate of drug-likeness (QED) is 0.794. The molecule has 0 radical (unpaired) electrons. The maximum Gasteiger partial charge on any atom is 0.320 e. The summed E-state index contributed by atoms with van der Waals surface area (Å²) in [6, 6.07) is 5.42. The van der Waals surface area contributed by atoms with Gasteiger partial charge in [0.1, 0.15) is 5.00 Å². The van der Waals surface area contributed by atoms with Crippen LogP contribution in [0.5, 0.6) is 0 Å². The van der Waals surface area contributed by atoms with Crippen molar-refractivity contribution in [3.63, 3.8) is 0 Å². The molecule has 0 saturated carbocycles. The van der Waals surface area contributed by atoms with E-state index in [4.69, 9.17) is 11.6 Å². The summed E-state index contributed by atoms with van der Waals surface area (Å²) in [5.41, 5.74) is 1.83. The van der Waals surface area contributed by atoms with Gasteiger partial charge in [-0.25, -0.2) is 4.79 Å². The monoisotopic (exact) mass is 351 g/mol. The van der Waals surface area contributed by atoms with E-state index in [1.807, 2.05) is 25.1 Å². The Bertz CT molecular complexity index is 675. The summed E-state index contributed by atoms with van der Waals surface area (Å²) < 4.78 is 4.15. The summed E-state index contributed by atoms with van der Waals surface area (Å²) in [6.07, 6.45) is 2.49. The minimum Gasteiger partial charge on any atom is -0.334 e. The Hall–Kier alpha value is -1.70. The smallest absolute Gasteiger partial charge is 0.320 e. The molecule has 0 aromatic carbocycles. The van der Waals surface area contributed by atoms with Crippen LogP contribution in [0.3, 0.4) is 0 Å². The number of hydrogen-bond acceptors (Lipinski definition) is 5. The standard InChI is InChI=1S/C15H18ClN5OS/c1-9-6-14(23-21-9)20-15(22)19-13-4-5-17-8-11(13)12-3-2-10(16)7-18-12/h2-3,6-7,11,13,17H,4-5,8H2,1H3,(H2,19,20,22)/t11-,13+/m0/s1. The molecule has 122 valence electrons. The van der Waals surface area contributed by atoms with E-state index in [0.717, 1.165) is 35.9 Å². The van der Waals surface area contributed by atoms with Gasteiger partial charge < -0.3 is 10.6 Å². The Labute approximate surface area is 143 Å². The van der Waals surface area contributed by atoms with Gasteiger partial charge in [0.05, 0.1) is 10.7 Å². The van der Waals surface area contributed by atoms with E-state index >= 15 is 0 Å². The maximum absolute atomic E-state index is 12.2. The van der Waals surface area contributed by atoms with Gasteiger partial charge in [0.2, 0.25) is 0 Å². The largest absolute Gasteiger partial charge is 0.334 e. The van der Waals surface area contributed by atoms with E-state index in [1.165, 1.54) is 11.5 Å². The second-order valence-corrected chi connectivity index (χ2v) is 6.78. The van der Waals surface area contributed by atoms with Crippen LogP contribution in [0, 0.1) is 6.92 Å². The molecule has 0 unspecified atom stereocenters. The molecule has 1 saturated heterocycles. The van der Waals surface area contributed by atoms with Crippen LogP contribution in [0.25, 0.3) is 0 Å². The lowest BCUT2D eigenvalue weighted by Gasteiger charge is -2.32. The molecule has 1 fully saturated rings. The first kappa shape index (κ1) is 16.2. The van der Waals surface area contributed by atoms with Crippen molar-refractivity contribution in [2.24, 2.45) is 0 Å². The third kappa shape index (κ3) is 4.19. The highest BCUT2D eigenvalue weighted by atomic mass is 35.5. The Balaban J connectivity index is 1.66. The van der Waals surface area contributed by atoms with E-state index in [1.54, 1.807) is 6.20 Å². The number of aryl methyl sites for hydroxylation is 1. The fourth-order valence-electron chi connectivity index (χ4n) is 2.69. The van der Waals surface area contributed by atoms with Crippen molar-refractivity contribution in [1.82, 2.24) is 20.0 Å². The lowest BCUT2D eigenvalue weighted by molar-refractivity contribution is 0.241. The van der Waals surface area contributed by atoms with Crippen molar-refractivity contribution in [2.45, 2.75) is 25.3 Å². The molecule has 1 aliphatic rings. The van der Waals surface area contributed by atoms with Gasteiger partial charge in [0, 0.05) is 30.4 Å². The summed E-state index contributed by atoms with van der Waals surface area (Å²) >= 11 is 7.18. The molecule has 2 amide bonds. The van der Waals surface area contributed by atoms with Crippen LogP contribution in [0.1, 0.15) is 23.7 Å². The van der Waals surface area contributed by atoms with Crippen molar-refractivity contribution >= 4 is 34.2 Å². The minimum atomic E-state index is -0.209. The van der Waals surface area contributed by atoms with Gasteiger partial charge in [-0.3, -0.25) is 10.3 Å². The van der Waals surface area contributed by atoms with Crippen LogP contribution in [0.15, 0.2) is 24.4 Å². The van der Waals surface area contributed by atoms with Gasteiger partial charge in [-0.2, -0.15) is 4.37 Å². The van der Waals surface area contributed by atoms with Gasteiger partial charge in [-0.1, -0.05) is 11.6 Å². The first-order chi connectivity index (χ1) is 11.1. The van der Waals surface area contributed by atoms with Crippen molar-refractivity contribution in [2.75, 3.05) is 18.4 Å². The van der Waals surface area contributed by atoms with Crippen LogP contribution < -0.4 is 16.0 Å². The van der Waals surface area contributed by atoms with Gasteiger partial charge >= 0.3 is 6.03 Å². The number of piperidine rings is 1. The average Bonchev–Trinajstić information content (AvgIpc) is 2.94. The Kier molecular flexibility index (Phi) is 5.09. The van der Waals surface area contributed by atoms with Crippen LogP contribution >= 0.6 is 23.1 Å². The highest BCUT2D eigenvalue weighted by Gasteiger charge is 2.28. The molecular formula is C15H18ClN5OS. The third-order valence-electron chi connectivity index (χ3n) is 3.79. The number of urea groups is 1. The van der Waals surface area contributed by atoms with E-state index in [9.17, 15) is 4.79 Å². The zero-order valence-electron chi connectivity index (χ0n) is 12.7. The Morgan fingerprint density at radius 3 is 3.04 bits per heavy atom. The predicted molar refractivity (Wildman–Crippen MR) is 92.3 cm³/mol. The number of hydrogen-bond donors (Lipinski definition) is 3. The molecule has 6 nitrogen and oxygen atoms in total. The molecule has 3 rings (SSSR count). The number of anilines is 1. The van der Waals surface area contributed by atoms with Crippen LogP contribution in [0.4, 0.5) is 9.80 Å². The SMILES string of the molecule is Cc1cc(NC(=O)N[C@@H]2CCNC[C@H]2c2ccc(Cl)cn2)sn1. The minimum absolute atomic E-state index is 0.0268. The maximum atomic E-state index is 12.2. The molecule has 2 aromatic rings. The molecule has 0 spiro atoms. The van der Waals surface area contributed by atoms with E-state index < -0.39 is 0 Å². The summed E-state index contributed by atoms with van der Waals surface area (Å²) in [4.78, 5) is 16.6. The zero-order valence-corrected chi connectivity index (χ0v) is 14.2. The van der Waals surface area contributed by atoms with Crippen molar-refractivity contribution in [3.05, 3.63) is 40.8 Å². The molecule has 1 aliphatic heterocycles. The molecule has 0 bridgehead atoms. The number of aromatic nitrogens is 2.